The number of nitrogens with two attached hydrogens (primary N) is 1. The van der Waals surface area contributed by atoms with Crippen LogP contribution in [0.5, 0.6) is 0 Å². The molecule has 1 aliphatic heterocycles. The van der Waals surface area contributed by atoms with Crippen LogP contribution < -0.4 is 10.5 Å². The summed E-state index contributed by atoms with van der Waals surface area (Å²) < 4.78 is 50.7. The van der Waals surface area contributed by atoms with Crippen molar-refractivity contribution in [2.75, 3.05) is 12.4 Å². The van der Waals surface area contributed by atoms with Gasteiger partial charge in [-0.2, -0.15) is 0 Å². The van der Waals surface area contributed by atoms with Gasteiger partial charge in [-0.25, -0.2) is 22.0 Å². The molecule has 9 nitrogen and oxygen atoms in total. The van der Waals surface area contributed by atoms with Gasteiger partial charge in [0.25, 0.3) is 0 Å². The number of carbonyl (C=O) groups is 2. The summed E-state index contributed by atoms with van der Waals surface area (Å²) in [4.78, 5) is 23.0. The number of hydrogen-bond acceptors (Lipinski definition) is 8. The molecule has 1 aliphatic rings. The molecule has 2 heterocycles. The highest BCUT2D eigenvalue weighted by atomic mass is 32.3. The van der Waals surface area contributed by atoms with E-state index in [1.54, 1.807) is 0 Å². The first-order valence-electron chi connectivity index (χ1n) is 5.35. The average molecular weight is 354 g/mol. The van der Waals surface area contributed by atoms with Gasteiger partial charge in [0.15, 0.2) is 5.25 Å². The molecule has 21 heavy (non-hydrogen) atoms. The summed E-state index contributed by atoms with van der Waals surface area (Å²) in [5, 5.41) is 5.52. The predicted octanol–water partition coefficient (Wildman–Crippen LogP) is -0.947. The molecule has 2 rings (SSSR count). The summed E-state index contributed by atoms with van der Waals surface area (Å²) in [6.07, 6.45) is -0.660. The lowest BCUT2D eigenvalue weighted by Crippen LogP contribution is -2.40. The van der Waals surface area contributed by atoms with Crippen LogP contribution in [0.15, 0.2) is 14.5 Å². The minimum atomic E-state index is -4.19. The molecule has 1 aromatic heterocycles. The van der Waals surface area contributed by atoms with E-state index in [9.17, 15) is 26.4 Å². The molecule has 1 unspecified atom stereocenters. The second kappa shape index (κ2) is 5.05. The predicted molar refractivity (Wildman–Crippen MR) is 71.9 cm³/mol. The number of carbonyl (C=O) groups excluding carboxylic acids is 2. The van der Waals surface area contributed by atoms with Gasteiger partial charge in [-0.3, -0.25) is 9.59 Å². The Balaban J connectivity index is 2.54. The number of nitrogens with one attached hydrogen (secondary N) is 1. The van der Waals surface area contributed by atoms with Crippen LogP contribution in [0.4, 0.5) is 5.69 Å². The lowest BCUT2D eigenvalue weighted by molar-refractivity contribution is -0.141. The van der Waals surface area contributed by atoms with E-state index in [-0.39, 0.29) is 9.90 Å². The molecular weight excluding hydrogens is 344 g/mol. The van der Waals surface area contributed by atoms with Gasteiger partial charge < -0.3 is 10.1 Å². The lowest BCUT2D eigenvalue weighted by atomic mass is 10.3. The van der Waals surface area contributed by atoms with Gasteiger partial charge in [0.2, 0.25) is 25.8 Å². The molecule has 1 amide bonds. The Bertz CT molecular complexity index is 822. The SMILES string of the molecule is COC(=O)CC1C(=O)Nc2cc(S(N)(=O)=O)sc2S1(=O)=O. The number of ether oxygens (including phenoxy) is 1. The molecule has 0 saturated heterocycles. The van der Waals surface area contributed by atoms with Crippen molar-refractivity contribution >= 4 is 48.8 Å². The fourth-order valence-electron chi connectivity index (χ4n) is 1.71. The maximum atomic E-state index is 12.3. The fourth-order valence-corrected chi connectivity index (χ4v) is 5.90. The first-order valence-corrected chi connectivity index (χ1v) is 9.26. The third kappa shape index (κ3) is 2.79. The Kier molecular flexibility index (Phi) is 3.82. The smallest absolute Gasteiger partial charge is 0.307 e. The van der Waals surface area contributed by atoms with E-state index >= 15 is 0 Å². The zero-order valence-electron chi connectivity index (χ0n) is 10.5. The first-order chi connectivity index (χ1) is 9.57. The molecule has 12 heteroatoms. The molecule has 0 aliphatic carbocycles. The van der Waals surface area contributed by atoms with E-state index in [1.165, 1.54) is 0 Å². The largest absolute Gasteiger partial charge is 0.469 e. The van der Waals surface area contributed by atoms with Crippen molar-refractivity contribution in [3.63, 3.8) is 0 Å². The zero-order valence-corrected chi connectivity index (χ0v) is 13.0. The number of amides is 1. The molecule has 3 N–H and O–H groups in total. The number of esters is 1. The number of fused-ring (bicyclic) bond motifs is 1. The summed E-state index contributed by atoms with van der Waals surface area (Å²) in [5.41, 5.74) is -0.157. The third-order valence-electron chi connectivity index (χ3n) is 2.72. The number of rotatable bonds is 3. The van der Waals surface area contributed by atoms with Gasteiger partial charge in [-0.05, 0) is 6.07 Å². The summed E-state index contributed by atoms with van der Waals surface area (Å²) in [7, 11) is -7.23. The maximum absolute atomic E-state index is 12.3. The van der Waals surface area contributed by atoms with Crippen molar-refractivity contribution < 1.29 is 31.2 Å². The Labute approximate surface area is 124 Å². The second-order valence-corrected chi connectivity index (χ2v) is 9.28. The third-order valence-corrected chi connectivity index (χ3v) is 7.88. The van der Waals surface area contributed by atoms with E-state index in [0.29, 0.717) is 11.3 Å². The van der Waals surface area contributed by atoms with Crippen LogP contribution in [-0.2, 0) is 34.2 Å². The monoisotopic (exact) mass is 354 g/mol. The minimum Gasteiger partial charge on any atom is -0.469 e. The van der Waals surface area contributed by atoms with E-state index < -0.39 is 47.6 Å². The summed E-state index contributed by atoms with van der Waals surface area (Å²) in [5.74, 6) is -1.79. The van der Waals surface area contributed by atoms with Crippen LogP contribution in [-0.4, -0.2) is 41.1 Å². The van der Waals surface area contributed by atoms with E-state index in [0.717, 1.165) is 13.2 Å². The molecule has 116 valence electrons. The van der Waals surface area contributed by atoms with Crippen LogP contribution in [0, 0.1) is 0 Å². The number of methoxy groups -OCH3 is 1. The Morgan fingerprint density at radius 3 is 2.67 bits per heavy atom. The fraction of sp³-hybridized carbons (Fsp3) is 0.333. The standard InChI is InChI=1S/C9H10N2O7S3/c1-18-6(12)3-5-8(13)11-4-2-7(21(10,16)17)19-9(4)20(5,14)15/h2,5H,3H2,1H3,(H,11,13)(H2,10,16,17). The maximum Gasteiger partial charge on any atom is 0.307 e. The molecule has 0 saturated carbocycles. The first kappa shape index (κ1) is 15.9. The molecule has 0 radical (unpaired) electrons. The van der Waals surface area contributed by atoms with Crippen LogP contribution in [0.25, 0.3) is 0 Å². The van der Waals surface area contributed by atoms with Crippen LogP contribution >= 0.6 is 11.3 Å². The number of primary sulfonamides is 1. The molecule has 0 bridgehead atoms. The number of anilines is 1. The Morgan fingerprint density at radius 1 is 1.52 bits per heavy atom. The quantitative estimate of drug-likeness (QED) is 0.664. The summed E-state index contributed by atoms with van der Waals surface area (Å²) in [6.45, 7) is 0. The van der Waals surface area contributed by atoms with Gasteiger partial charge in [-0.15, -0.1) is 11.3 Å². The van der Waals surface area contributed by atoms with Crippen molar-refractivity contribution in [2.45, 2.75) is 20.1 Å². The van der Waals surface area contributed by atoms with Crippen molar-refractivity contribution in [2.24, 2.45) is 5.14 Å². The van der Waals surface area contributed by atoms with Gasteiger partial charge in [0.1, 0.15) is 8.42 Å². The van der Waals surface area contributed by atoms with E-state index in [4.69, 9.17) is 5.14 Å². The highest BCUT2D eigenvalue weighted by molar-refractivity contribution is 7.96. The number of sulfonamides is 1. The number of hydrogen-bond donors (Lipinski definition) is 2. The highest BCUT2D eigenvalue weighted by Gasteiger charge is 2.43. The van der Waals surface area contributed by atoms with Gasteiger partial charge in [0.05, 0.1) is 19.2 Å². The Morgan fingerprint density at radius 2 is 2.14 bits per heavy atom. The molecule has 0 fully saturated rings. The molecule has 0 aromatic carbocycles. The van der Waals surface area contributed by atoms with E-state index in [1.807, 2.05) is 0 Å². The lowest BCUT2D eigenvalue weighted by Gasteiger charge is -2.21. The highest BCUT2D eigenvalue weighted by Crippen LogP contribution is 2.39. The zero-order chi connectivity index (χ0) is 16.0. The molecule has 0 spiro atoms. The second-order valence-electron chi connectivity index (χ2n) is 4.11. The molecular formula is C9H10N2O7S3. The normalized spacial score (nSPS) is 20.5. The van der Waals surface area contributed by atoms with Crippen molar-refractivity contribution in [1.29, 1.82) is 0 Å². The van der Waals surface area contributed by atoms with Gasteiger partial charge >= 0.3 is 5.97 Å². The van der Waals surface area contributed by atoms with Crippen molar-refractivity contribution in [3.05, 3.63) is 6.07 Å². The summed E-state index contributed by atoms with van der Waals surface area (Å²) >= 11 is 0.422. The Hall–Kier alpha value is -1.50. The average Bonchev–Trinajstić information content (AvgIpc) is 2.78. The topological polar surface area (TPSA) is 150 Å². The van der Waals surface area contributed by atoms with E-state index in [2.05, 4.69) is 10.1 Å². The van der Waals surface area contributed by atoms with Crippen molar-refractivity contribution in [3.8, 4) is 0 Å². The number of thiophene rings is 1. The van der Waals surface area contributed by atoms with Gasteiger partial charge in [-0.1, -0.05) is 0 Å². The van der Waals surface area contributed by atoms with Crippen molar-refractivity contribution in [1.82, 2.24) is 0 Å². The molecule has 1 aromatic rings. The van der Waals surface area contributed by atoms with Crippen LogP contribution in [0.1, 0.15) is 6.42 Å². The van der Waals surface area contributed by atoms with Crippen LogP contribution in [0.3, 0.4) is 0 Å². The summed E-state index contributed by atoms with van der Waals surface area (Å²) in [6, 6.07) is 0.971. The molecule has 1 atom stereocenters. The number of sulfone groups is 1. The van der Waals surface area contributed by atoms with Gasteiger partial charge in [0, 0.05) is 0 Å². The minimum absolute atomic E-state index is 0.157. The van der Waals surface area contributed by atoms with Crippen LogP contribution in [0.2, 0.25) is 0 Å².